The maximum absolute atomic E-state index is 12.3. The zero-order chi connectivity index (χ0) is 18.5. The minimum Gasteiger partial charge on any atom is -0.347 e. The quantitative estimate of drug-likeness (QED) is 0.683. The number of aromatic nitrogens is 3. The molecular formula is C20H23N5OS. The van der Waals surface area contributed by atoms with Crippen molar-refractivity contribution in [2.24, 2.45) is 0 Å². The molecule has 0 saturated carbocycles. The van der Waals surface area contributed by atoms with Crippen LogP contribution in [-0.4, -0.2) is 38.4 Å². The lowest BCUT2D eigenvalue weighted by Gasteiger charge is -2.23. The minimum absolute atomic E-state index is 0.188. The maximum Gasteiger partial charge on any atom is 0.273 e. The molecule has 1 amide bonds. The van der Waals surface area contributed by atoms with Crippen molar-refractivity contribution in [3.8, 4) is 0 Å². The fourth-order valence-electron chi connectivity index (χ4n) is 3.50. The van der Waals surface area contributed by atoms with Crippen LogP contribution in [0.4, 0.5) is 0 Å². The van der Waals surface area contributed by atoms with Crippen LogP contribution in [0.25, 0.3) is 0 Å². The summed E-state index contributed by atoms with van der Waals surface area (Å²) in [5.41, 5.74) is 2.80. The van der Waals surface area contributed by atoms with Crippen molar-refractivity contribution in [1.82, 2.24) is 25.2 Å². The molecule has 1 aromatic carbocycles. The summed E-state index contributed by atoms with van der Waals surface area (Å²) in [4.78, 5) is 14.8. The number of rotatable bonds is 7. The lowest BCUT2D eigenvalue weighted by atomic mass is 10.2. The van der Waals surface area contributed by atoms with Crippen LogP contribution in [0.5, 0.6) is 0 Å². The number of hydrogen-bond donors (Lipinski definition) is 1. The van der Waals surface area contributed by atoms with Gasteiger partial charge in [0.25, 0.3) is 5.91 Å². The summed E-state index contributed by atoms with van der Waals surface area (Å²) in [6.45, 7) is 3.35. The molecule has 1 N–H and O–H groups in total. The summed E-state index contributed by atoms with van der Waals surface area (Å²) in [5.74, 6) is -0.188. The van der Waals surface area contributed by atoms with Crippen molar-refractivity contribution < 1.29 is 4.79 Å². The van der Waals surface area contributed by atoms with Crippen molar-refractivity contribution in [3.63, 3.8) is 0 Å². The van der Waals surface area contributed by atoms with Crippen molar-refractivity contribution in [1.29, 1.82) is 0 Å². The number of likely N-dealkylation sites (tertiary alicyclic amines) is 1. The summed E-state index contributed by atoms with van der Waals surface area (Å²) in [7, 11) is 0. The van der Waals surface area contributed by atoms with Gasteiger partial charge in [0, 0.05) is 19.1 Å². The van der Waals surface area contributed by atoms with E-state index in [0.29, 0.717) is 18.3 Å². The Bertz CT molecular complexity index is 862. The van der Waals surface area contributed by atoms with Gasteiger partial charge in [-0.2, -0.15) is 11.3 Å². The Morgan fingerprint density at radius 1 is 1.22 bits per heavy atom. The van der Waals surface area contributed by atoms with Crippen molar-refractivity contribution in [3.05, 3.63) is 70.2 Å². The van der Waals surface area contributed by atoms with Crippen LogP contribution in [0.2, 0.25) is 0 Å². The first kappa shape index (κ1) is 17.9. The topological polar surface area (TPSA) is 63.1 Å². The zero-order valence-corrected chi connectivity index (χ0v) is 15.9. The Balaban J connectivity index is 1.32. The Morgan fingerprint density at radius 2 is 2.11 bits per heavy atom. The summed E-state index contributed by atoms with van der Waals surface area (Å²) >= 11 is 1.74. The van der Waals surface area contributed by atoms with Gasteiger partial charge in [-0.15, -0.1) is 5.10 Å². The van der Waals surface area contributed by atoms with Gasteiger partial charge in [-0.25, -0.2) is 0 Å². The molecule has 1 aliphatic rings. The average molecular weight is 382 g/mol. The van der Waals surface area contributed by atoms with Crippen LogP contribution in [0.3, 0.4) is 0 Å². The SMILES string of the molecule is O=C(NCc1ccccc1)c1cn(C[C@@H]2CCCN2Cc2ccsc2)nn1. The highest BCUT2D eigenvalue weighted by Crippen LogP contribution is 2.22. The summed E-state index contributed by atoms with van der Waals surface area (Å²) in [6, 6.07) is 12.5. The van der Waals surface area contributed by atoms with Gasteiger partial charge in [-0.3, -0.25) is 14.4 Å². The van der Waals surface area contributed by atoms with E-state index >= 15 is 0 Å². The lowest BCUT2D eigenvalue weighted by molar-refractivity contribution is 0.0946. The fourth-order valence-corrected chi connectivity index (χ4v) is 4.16. The van der Waals surface area contributed by atoms with Crippen LogP contribution in [-0.2, 0) is 19.6 Å². The van der Waals surface area contributed by atoms with Gasteiger partial charge in [-0.05, 0) is 47.3 Å². The Kier molecular flexibility index (Phi) is 5.60. The first-order valence-electron chi connectivity index (χ1n) is 9.25. The van der Waals surface area contributed by atoms with E-state index < -0.39 is 0 Å². The minimum atomic E-state index is -0.188. The largest absolute Gasteiger partial charge is 0.347 e. The lowest BCUT2D eigenvalue weighted by Crippen LogP contribution is -2.32. The van der Waals surface area contributed by atoms with Crippen LogP contribution in [0, 0.1) is 0 Å². The third-order valence-electron chi connectivity index (χ3n) is 4.93. The van der Waals surface area contributed by atoms with Gasteiger partial charge in [0.2, 0.25) is 0 Å². The summed E-state index contributed by atoms with van der Waals surface area (Å²) in [5, 5.41) is 15.5. The number of carbonyl (C=O) groups is 1. The predicted octanol–water partition coefficient (Wildman–Crippen LogP) is 2.93. The number of thiophene rings is 1. The molecule has 3 heterocycles. The van der Waals surface area contributed by atoms with Crippen LogP contribution in [0.15, 0.2) is 53.4 Å². The maximum atomic E-state index is 12.3. The van der Waals surface area contributed by atoms with Gasteiger partial charge >= 0.3 is 0 Å². The molecule has 140 valence electrons. The van der Waals surface area contributed by atoms with Crippen molar-refractivity contribution in [2.75, 3.05) is 6.54 Å². The third kappa shape index (κ3) is 4.61. The second-order valence-electron chi connectivity index (χ2n) is 6.89. The molecule has 6 nitrogen and oxygen atoms in total. The highest BCUT2D eigenvalue weighted by Gasteiger charge is 2.25. The van der Waals surface area contributed by atoms with Crippen molar-refractivity contribution in [2.45, 2.75) is 38.5 Å². The zero-order valence-electron chi connectivity index (χ0n) is 15.1. The number of nitrogens with zero attached hydrogens (tertiary/aromatic N) is 4. The van der Waals surface area contributed by atoms with E-state index in [4.69, 9.17) is 0 Å². The van der Waals surface area contributed by atoms with Gasteiger partial charge in [0.15, 0.2) is 5.69 Å². The molecule has 0 bridgehead atoms. The van der Waals surface area contributed by atoms with Gasteiger partial charge < -0.3 is 5.32 Å². The highest BCUT2D eigenvalue weighted by molar-refractivity contribution is 7.07. The van der Waals surface area contributed by atoms with E-state index in [1.54, 1.807) is 22.2 Å². The number of benzene rings is 1. The second-order valence-corrected chi connectivity index (χ2v) is 7.67. The smallest absolute Gasteiger partial charge is 0.273 e. The van der Waals surface area contributed by atoms with Gasteiger partial charge in [0.05, 0.1) is 12.7 Å². The molecule has 2 aromatic heterocycles. The Morgan fingerprint density at radius 3 is 2.93 bits per heavy atom. The van der Waals surface area contributed by atoms with Gasteiger partial charge in [-0.1, -0.05) is 35.5 Å². The molecule has 1 saturated heterocycles. The molecule has 27 heavy (non-hydrogen) atoms. The molecule has 1 fully saturated rings. The molecule has 1 aliphatic heterocycles. The van der Waals surface area contributed by atoms with E-state index in [2.05, 4.69) is 37.4 Å². The van der Waals surface area contributed by atoms with Crippen LogP contribution in [0.1, 0.15) is 34.5 Å². The van der Waals surface area contributed by atoms with E-state index in [0.717, 1.165) is 31.6 Å². The molecule has 7 heteroatoms. The standard InChI is InChI=1S/C20H23N5OS/c26-20(21-11-16-5-2-1-3-6-16)19-14-25(23-22-19)13-18-7-4-9-24(18)12-17-8-10-27-15-17/h1-3,5-6,8,10,14-15,18H,4,7,9,11-13H2,(H,21,26)/t18-/m0/s1. The second kappa shape index (κ2) is 8.45. The van der Waals surface area contributed by atoms with Crippen LogP contribution >= 0.6 is 11.3 Å². The van der Waals surface area contributed by atoms with E-state index in [9.17, 15) is 4.79 Å². The molecule has 1 atom stereocenters. The third-order valence-corrected chi connectivity index (χ3v) is 5.66. The number of nitrogens with one attached hydrogen (secondary N) is 1. The number of amides is 1. The molecule has 0 aliphatic carbocycles. The predicted molar refractivity (Wildman–Crippen MR) is 105 cm³/mol. The normalized spacial score (nSPS) is 17.3. The molecule has 0 unspecified atom stereocenters. The summed E-state index contributed by atoms with van der Waals surface area (Å²) in [6.07, 6.45) is 4.11. The van der Waals surface area contributed by atoms with E-state index in [1.807, 2.05) is 30.3 Å². The van der Waals surface area contributed by atoms with E-state index in [-0.39, 0.29) is 5.91 Å². The monoisotopic (exact) mass is 381 g/mol. The molecule has 3 aromatic rings. The molecule has 4 rings (SSSR count). The highest BCUT2D eigenvalue weighted by atomic mass is 32.1. The Hall–Kier alpha value is -2.51. The van der Waals surface area contributed by atoms with Crippen LogP contribution < -0.4 is 5.32 Å². The average Bonchev–Trinajstić information content (AvgIpc) is 3.45. The Labute approximate surface area is 162 Å². The molecule has 0 spiro atoms. The first-order valence-corrected chi connectivity index (χ1v) is 10.2. The molecular weight excluding hydrogens is 358 g/mol. The van der Waals surface area contributed by atoms with Crippen molar-refractivity contribution >= 4 is 17.2 Å². The summed E-state index contributed by atoms with van der Waals surface area (Å²) < 4.78 is 1.80. The number of carbonyl (C=O) groups excluding carboxylic acids is 1. The van der Waals surface area contributed by atoms with E-state index in [1.165, 1.54) is 12.0 Å². The molecule has 0 radical (unpaired) electrons. The number of hydrogen-bond acceptors (Lipinski definition) is 5. The first-order chi connectivity index (χ1) is 13.3. The van der Waals surface area contributed by atoms with Gasteiger partial charge in [0.1, 0.15) is 0 Å². The fraction of sp³-hybridized carbons (Fsp3) is 0.350.